The summed E-state index contributed by atoms with van der Waals surface area (Å²) in [6.07, 6.45) is 0. The van der Waals surface area contributed by atoms with Gasteiger partial charge in [0.05, 0.1) is 5.41 Å². The largest absolute Gasteiger partial charge is 0.0843 e. The molecule has 0 amide bonds. The fourth-order valence-corrected chi connectivity index (χ4v) is 6.71. The molecule has 2 aliphatic carbocycles. The Morgan fingerprint density at radius 3 is 1.94 bits per heavy atom. The van der Waals surface area contributed by atoms with Crippen molar-refractivity contribution in [3.63, 3.8) is 0 Å². The molecule has 0 nitrogen and oxygen atoms in total. The first-order chi connectivity index (χ1) is 17.4. The minimum absolute atomic E-state index is 0.0442. The summed E-state index contributed by atoms with van der Waals surface area (Å²) in [6, 6.07) is 40.1. The van der Waals surface area contributed by atoms with E-state index in [9.17, 15) is 0 Å². The Morgan fingerprint density at radius 1 is 0.528 bits per heavy atom. The summed E-state index contributed by atoms with van der Waals surface area (Å²) in [6.45, 7) is 6.89. The maximum absolute atomic E-state index is 6.74. The average Bonchev–Trinajstić information content (AvgIpc) is 3.35. The quantitative estimate of drug-likeness (QED) is 0.218. The van der Waals surface area contributed by atoms with Crippen molar-refractivity contribution in [1.82, 2.24) is 0 Å². The van der Waals surface area contributed by atoms with Crippen LogP contribution in [0.1, 0.15) is 48.6 Å². The van der Waals surface area contributed by atoms with E-state index in [1.807, 2.05) is 6.07 Å². The molecule has 174 valence electrons. The molecule has 0 saturated carbocycles. The Hall–Kier alpha value is -3.61. The molecule has 1 spiro atoms. The summed E-state index contributed by atoms with van der Waals surface area (Å²) >= 11 is 6.74. The second-order valence-corrected chi connectivity index (χ2v) is 11.5. The van der Waals surface area contributed by atoms with Gasteiger partial charge in [0.1, 0.15) is 0 Å². The molecule has 0 saturated heterocycles. The zero-order valence-electron chi connectivity index (χ0n) is 20.8. The predicted octanol–water partition coefficient (Wildman–Crippen LogP) is 9.65. The van der Waals surface area contributed by atoms with Crippen LogP contribution in [0.15, 0.2) is 109 Å². The Bertz CT molecular complexity index is 1670. The van der Waals surface area contributed by atoms with E-state index in [1.165, 1.54) is 61.2 Å². The van der Waals surface area contributed by atoms with Gasteiger partial charge < -0.3 is 0 Å². The minimum Gasteiger partial charge on any atom is -0.0843 e. The van der Waals surface area contributed by atoms with Gasteiger partial charge in [-0.05, 0) is 78.7 Å². The predicted molar refractivity (Wildman–Crippen MR) is 152 cm³/mol. The highest BCUT2D eigenvalue weighted by molar-refractivity contribution is 6.30. The smallest absolute Gasteiger partial charge is 0.0732 e. The second kappa shape index (κ2) is 7.45. The monoisotopic (exact) mass is 482 g/mol. The Balaban J connectivity index is 1.71. The first-order valence-corrected chi connectivity index (χ1v) is 13.0. The standard InChI is InChI=1S/C35H27Cl/c1-34(2,3)23-16-18-28-29-14-9-13-25(22-10-5-4-6-11-22)33(29)35(31(28)20-23)30-15-8-7-12-26(30)27-19-17-24(36)21-32(27)35/h4-21H,1-3H3. The van der Waals surface area contributed by atoms with Gasteiger partial charge in [-0.25, -0.2) is 0 Å². The molecule has 0 heterocycles. The minimum atomic E-state index is -0.421. The molecule has 5 aromatic rings. The third-order valence-corrected chi connectivity index (χ3v) is 8.35. The average molecular weight is 483 g/mol. The normalized spacial score (nSPS) is 17.0. The zero-order chi connectivity index (χ0) is 24.7. The van der Waals surface area contributed by atoms with Crippen molar-refractivity contribution in [3.05, 3.63) is 142 Å². The summed E-state index contributed by atoms with van der Waals surface area (Å²) in [4.78, 5) is 0. The van der Waals surface area contributed by atoms with E-state index in [0.29, 0.717) is 0 Å². The summed E-state index contributed by atoms with van der Waals surface area (Å²) in [5.41, 5.74) is 14.1. The molecule has 1 unspecified atom stereocenters. The van der Waals surface area contributed by atoms with Crippen molar-refractivity contribution in [3.8, 4) is 33.4 Å². The Labute approximate surface area is 218 Å². The summed E-state index contributed by atoms with van der Waals surface area (Å²) in [7, 11) is 0. The lowest BCUT2D eigenvalue weighted by Gasteiger charge is -2.33. The van der Waals surface area contributed by atoms with Crippen molar-refractivity contribution in [2.24, 2.45) is 0 Å². The first kappa shape index (κ1) is 21.7. The zero-order valence-corrected chi connectivity index (χ0v) is 21.5. The van der Waals surface area contributed by atoms with Gasteiger partial charge >= 0.3 is 0 Å². The van der Waals surface area contributed by atoms with Gasteiger partial charge in [0.25, 0.3) is 0 Å². The third kappa shape index (κ3) is 2.77. The van der Waals surface area contributed by atoms with Crippen LogP contribution in [-0.4, -0.2) is 0 Å². The summed E-state index contributed by atoms with van der Waals surface area (Å²) in [5.74, 6) is 0. The maximum atomic E-state index is 6.74. The van der Waals surface area contributed by atoms with Crippen LogP contribution in [0.2, 0.25) is 5.02 Å². The lowest BCUT2D eigenvalue weighted by atomic mass is 9.68. The first-order valence-electron chi connectivity index (χ1n) is 12.6. The molecule has 0 aliphatic heterocycles. The molecule has 1 atom stereocenters. The van der Waals surface area contributed by atoms with Gasteiger partial charge in [-0.3, -0.25) is 0 Å². The number of hydrogen-bond acceptors (Lipinski definition) is 0. The van der Waals surface area contributed by atoms with Crippen LogP contribution in [0.25, 0.3) is 33.4 Å². The van der Waals surface area contributed by atoms with Gasteiger partial charge in [0.15, 0.2) is 0 Å². The van der Waals surface area contributed by atoms with Gasteiger partial charge in [0, 0.05) is 5.02 Å². The fraction of sp³-hybridized carbons (Fsp3) is 0.143. The van der Waals surface area contributed by atoms with Crippen LogP contribution >= 0.6 is 11.6 Å². The number of fused-ring (bicyclic) bond motifs is 10. The summed E-state index contributed by atoms with van der Waals surface area (Å²) < 4.78 is 0. The van der Waals surface area contributed by atoms with Gasteiger partial charge in [0.2, 0.25) is 0 Å². The Kier molecular flexibility index (Phi) is 4.48. The van der Waals surface area contributed by atoms with E-state index in [2.05, 4.69) is 124 Å². The van der Waals surface area contributed by atoms with Gasteiger partial charge in [-0.2, -0.15) is 0 Å². The van der Waals surface area contributed by atoms with Crippen molar-refractivity contribution in [2.75, 3.05) is 0 Å². The molecule has 1 heteroatoms. The van der Waals surface area contributed by atoms with E-state index in [1.54, 1.807) is 0 Å². The van der Waals surface area contributed by atoms with Crippen LogP contribution in [0.4, 0.5) is 0 Å². The summed E-state index contributed by atoms with van der Waals surface area (Å²) in [5, 5.41) is 0.778. The SMILES string of the molecule is CC(C)(C)c1ccc2c(c1)C1(c3ccccc3-c3ccc(Cl)cc31)c1c(-c3ccccc3)cccc1-2. The molecular formula is C35H27Cl. The maximum Gasteiger partial charge on any atom is 0.0732 e. The van der Waals surface area contributed by atoms with E-state index in [-0.39, 0.29) is 5.41 Å². The molecule has 0 radical (unpaired) electrons. The van der Waals surface area contributed by atoms with Crippen LogP contribution in [0.5, 0.6) is 0 Å². The van der Waals surface area contributed by atoms with E-state index in [0.717, 1.165) is 5.02 Å². The van der Waals surface area contributed by atoms with Crippen molar-refractivity contribution in [2.45, 2.75) is 31.6 Å². The molecule has 36 heavy (non-hydrogen) atoms. The topological polar surface area (TPSA) is 0 Å². The number of rotatable bonds is 1. The second-order valence-electron chi connectivity index (χ2n) is 11.1. The van der Waals surface area contributed by atoms with E-state index < -0.39 is 5.41 Å². The van der Waals surface area contributed by atoms with Crippen molar-refractivity contribution >= 4 is 11.6 Å². The van der Waals surface area contributed by atoms with Crippen LogP contribution < -0.4 is 0 Å². The Morgan fingerprint density at radius 2 is 1.14 bits per heavy atom. The number of benzene rings is 5. The molecule has 0 fully saturated rings. The molecular weight excluding hydrogens is 456 g/mol. The van der Waals surface area contributed by atoms with Gasteiger partial charge in [-0.1, -0.05) is 129 Å². The van der Waals surface area contributed by atoms with Crippen LogP contribution in [0, 0.1) is 0 Å². The number of hydrogen-bond donors (Lipinski definition) is 0. The van der Waals surface area contributed by atoms with Gasteiger partial charge in [-0.15, -0.1) is 0 Å². The highest BCUT2D eigenvalue weighted by Crippen LogP contribution is 2.65. The molecule has 7 rings (SSSR count). The molecule has 0 bridgehead atoms. The van der Waals surface area contributed by atoms with Crippen LogP contribution in [0.3, 0.4) is 0 Å². The third-order valence-electron chi connectivity index (χ3n) is 8.11. The van der Waals surface area contributed by atoms with E-state index >= 15 is 0 Å². The van der Waals surface area contributed by atoms with E-state index in [4.69, 9.17) is 11.6 Å². The van der Waals surface area contributed by atoms with Crippen molar-refractivity contribution in [1.29, 1.82) is 0 Å². The molecule has 2 aliphatic rings. The lowest BCUT2D eigenvalue weighted by molar-refractivity contribution is 0.588. The molecule has 0 N–H and O–H groups in total. The lowest BCUT2D eigenvalue weighted by Crippen LogP contribution is -2.27. The van der Waals surface area contributed by atoms with Crippen molar-refractivity contribution < 1.29 is 0 Å². The molecule has 5 aromatic carbocycles. The highest BCUT2D eigenvalue weighted by Gasteiger charge is 2.53. The highest BCUT2D eigenvalue weighted by atomic mass is 35.5. The number of halogens is 1. The van der Waals surface area contributed by atoms with Crippen LogP contribution in [-0.2, 0) is 10.8 Å². The molecule has 0 aromatic heterocycles. The fourth-order valence-electron chi connectivity index (χ4n) is 6.54.